The quantitative estimate of drug-likeness (QED) is 0.718. The van der Waals surface area contributed by atoms with Gasteiger partial charge in [0.25, 0.3) is 0 Å². The number of fused-ring (bicyclic) bond motifs is 1. The minimum atomic E-state index is 0.686. The van der Waals surface area contributed by atoms with Gasteiger partial charge in [-0.25, -0.2) is 4.98 Å². The van der Waals surface area contributed by atoms with Crippen molar-refractivity contribution < 1.29 is 9.15 Å². The fraction of sp³-hybridized carbons (Fsp3) is 0.417. The Morgan fingerprint density at radius 2 is 1.87 bits per heavy atom. The zero-order valence-corrected chi connectivity index (χ0v) is 9.92. The molecule has 0 saturated heterocycles. The van der Waals surface area contributed by atoms with E-state index in [0.29, 0.717) is 5.89 Å². The Kier molecular flexibility index (Phi) is 3.72. The lowest BCUT2D eigenvalue weighted by Gasteiger charge is -2.02. The van der Waals surface area contributed by atoms with Gasteiger partial charge in [-0.05, 0) is 19.1 Å². The summed E-state index contributed by atoms with van der Waals surface area (Å²) in [5, 5.41) is 0. The fourth-order valence-corrected chi connectivity index (χ4v) is 1.44. The van der Waals surface area contributed by atoms with Crippen LogP contribution in [0.1, 0.15) is 25.3 Å². The first-order valence-corrected chi connectivity index (χ1v) is 5.13. The summed E-state index contributed by atoms with van der Waals surface area (Å²) in [7, 11) is 1.65. The van der Waals surface area contributed by atoms with E-state index in [9.17, 15) is 0 Å². The van der Waals surface area contributed by atoms with Crippen LogP contribution in [0.5, 0.6) is 5.75 Å². The standard InChI is InChI=1S/C10H11NO2.C2H6/c1-6-9(12-3)5-4-8-10(6)13-7(2)11-8;1-2/h4-5H,1-3H3;1-2H3. The zero-order valence-electron chi connectivity index (χ0n) is 9.92. The summed E-state index contributed by atoms with van der Waals surface area (Å²) in [6.45, 7) is 7.80. The molecule has 1 aromatic carbocycles. The number of aromatic nitrogens is 1. The van der Waals surface area contributed by atoms with E-state index in [1.807, 2.05) is 39.8 Å². The number of hydrogen-bond acceptors (Lipinski definition) is 3. The van der Waals surface area contributed by atoms with Crippen molar-refractivity contribution in [2.75, 3.05) is 7.11 Å². The largest absolute Gasteiger partial charge is 0.496 e. The highest BCUT2D eigenvalue weighted by Gasteiger charge is 2.08. The highest BCUT2D eigenvalue weighted by molar-refractivity contribution is 5.78. The topological polar surface area (TPSA) is 35.3 Å². The first-order chi connectivity index (χ1) is 7.22. The maximum Gasteiger partial charge on any atom is 0.192 e. The van der Waals surface area contributed by atoms with Gasteiger partial charge in [0.2, 0.25) is 0 Å². The van der Waals surface area contributed by atoms with Crippen LogP contribution < -0.4 is 4.74 Å². The van der Waals surface area contributed by atoms with Crippen LogP contribution in [0.25, 0.3) is 11.1 Å². The Labute approximate surface area is 90.1 Å². The first kappa shape index (κ1) is 11.6. The predicted molar refractivity (Wildman–Crippen MR) is 61.4 cm³/mol. The Morgan fingerprint density at radius 3 is 2.47 bits per heavy atom. The lowest BCUT2D eigenvalue weighted by atomic mass is 10.2. The van der Waals surface area contributed by atoms with Gasteiger partial charge in [-0.1, -0.05) is 13.8 Å². The summed E-state index contributed by atoms with van der Waals surface area (Å²) >= 11 is 0. The third-order valence-electron chi connectivity index (χ3n) is 2.08. The van der Waals surface area contributed by atoms with Gasteiger partial charge in [0, 0.05) is 12.5 Å². The Hall–Kier alpha value is -1.51. The third-order valence-corrected chi connectivity index (χ3v) is 2.08. The number of ether oxygens (including phenoxy) is 1. The van der Waals surface area contributed by atoms with E-state index in [4.69, 9.17) is 9.15 Å². The molecule has 0 atom stereocenters. The van der Waals surface area contributed by atoms with Crippen molar-refractivity contribution in [1.82, 2.24) is 4.98 Å². The van der Waals surface area contributed by atoms with Crippen LogP contribution in [0, 0.1) is 13.8 Å². The van der Waals surface area contributed by atoms with E-state index in [2.05, 4.69) is 4.98 Å². The molecule has 3 nitrogen and oxygen atoms in total. The van der Waals surface area contributed by atoms with E-state index in [-0.39, 0.29) is 0 Å². The normalized spacial score (nSPS) is 9.67. The third kappa shape index (κ3) is 2.12. The molecule has 15 heavy (non-hydrogen) atoms. The van der Waals surface area contributed by atoms with Gasteiger partial charge in [-0.15, -0.1) is 0 Å². The van der Waals surface area contributed by atoms with Crippen LogP contribution in [-0.4, -0.2) is 12.1 Å². The number of methoxy groups -OCH3 is 1. The summed E-state index contributed by atoms with van der Waals surface area (Å²) in [6, 6.07) is 3.80. The van der Waals surface area contributed by atoms with Gasteiger partial charge < -0.3 is 9.15 Å². The summed E-state index contributed by atoms with van der Waals surface area (Å²) < 4.78 is 10.6. The van der Waals surface area contributed by atoms with E-state index in [1.165, 1.54) is 0 Å². The lowest BCUT2D eigenvalue weighted by Crippen LogP contribution is -1.86. The smallest absolute Gasteiger partial charge is 0.192 e. The van der Waals surface area contributed by atoms with Crippen LogP contribution >= 0.6 is 0 Å². The summed E-state index contributed by atoms with van der Waals surface area (Å²) in [6.07, 6.45) is 0. The maximum atomic E-state index is 5.45. The molecule has 0 spiro atoms. The SMILES string of the molecule is CC.COc1ccc2nc(C)oc2c1C. The summed E-state index contributed by atoms with van der Waals surface area (Å²) in [4.78, 5) is 4.23. The van der Waals surface area contributed by atoms with Gasteiger partial charge in [-0.2, -0.15) is 0 Å². The molecule has 82 valence electrons. The Balaban J connectivity index is 0.000000531. The van der Waals surface area contributed by atoms with Crippen molar-refractivity contribution in [1.29, 1.82) is 0 Å². The molecule has 1 aromatic heterocycles. The number of benzene rings is 1. The maximum absolute atomic E-state index is 5.45. The molecule has 0 fully saturated rings. The predicted octanol–water partition coefficient (Wildman–Crippen LogP) is 3.48. The molecule has 0 saturated carbocycles. The van der Waals surface area contributed by atoms with Crippen molar-refractivity contribution >= 4 is 11.1 Å². The van der Waals surface area contributed by atoms with E-state index >= 15 is 0 Å². The number of hydrogen-bond donors (Lipinski definition) is 0. The fourth-order valence-electron chi connectivity index (χ4n) is 1.44. The molecule has 2 aromatic rings. The minimum absolute atomic E-state index is 0.686. The highest BCUT2D eigenvalue weighted by Crippen LogP contribution is 2.27. The average molecular weight is 207 g/mol. The second-order valence-corrected chi connectivity index (χ2v) is 2.97. The number of oxazole rings is 1. The molecule has 0 radical (unpaired) electrons. The van der Waals surface area contributed by atoms with E-state index in [0.717, 1.165) is 22.4 Å². The van der Waals surface area contributed by atoms with Crippen LogP contribution in [0.3, 0.4) is 0 Å². The second kappa shape index (κ2) is 4.82. The molecule has 1 heterocycles. The molecule has 0 aliphatic carbocycles. The van der Waals surface area contributed by atoms with Crippen LogP contribution in [-0.2, 0) is 0 Å². The van der Waals surface area contributed by atoms with Crippen molar-refractivity contribution in [3.8, 4) is 5.75 Å². The van der Waals surface area contributed by atoms with Crippen molar-refractivity contribution in [2.24, 2.45) is 0 Å². The molecule has 0 unspecified atom stereocenters. The Bertz CT molecular complexity index is 446. The van der Waals surface area contributed by atoms with E-state index in [1.54, 1.807) is 7.11 Å². The molecule has 3 heteroatoms. The Morgan fingerprint density at radius 1 is 1.20 bits per heavy atom. The average Bonchev–Trinajstić information content (AvgIpc) is 2.63. The molecular formula is C12H17NO2. The minimum Gasteiger partial charge on any atom is -0.496 e. The number of aryl methyl sites for hydroxylation is 2. The van der Waals surface area contributed by atoms with Gasteiger partial charge in [0.1, 0.15) is 11.3 Å². The second-order valence-electron chi connectivity index (χ2n) is 2.97. The highest BCUT2D eigenvalue weighted by atomic mass is 16.5. The number of rotatable bonds is 1. The van der Waals surface area contributed by atoms with Gasteiger partial charge in [-0.3, -0.25) is 0 Å². The molecular weight excluding hydrogens is 190 g/mol. The zero-order chi connectivity index (χ0) is 11.4. The molecule has 0 aliphatic heterocycles. The molecule has 0 amide bonds. The van der Waals surface area contributed by atoms with Crippen LogP contribution in [0.15, 0.2) is 16.5 Å². The lowest BCUT2D eigenvalue weighted by molar-refractivity contribution is 0.411. The monoisotopic (exact) mass is 207 g/mol. The summed E-state index contributed by atoms with van der Waals surface area (Å²) in [5.74, 6) is 1.52. The van der Waals surface area contributed by atoms with Crippen molar-refractivity contribution in [3.05, 3.63) is 23.6 Å². The summed E-state index contributed by atoms with van der Waals surface area (Å²) in [5.41, 5.74) is 2.70. The van der Waals surface area contributed by atoms with Gasteiger partial charge in [0.05, 0.1) is 7.11 Å². The van der Waals surface area contributed by atoms with Crippen LogP contribution in [0.4, 0.5) is 0 Å². The van der Waals surface area contributed by atoms with Crippen molar-refractivity contribution in [2.45, 2.75) is 27.7 Å². The van der Waals surface area contributed by atoms with E-state index < -0.39 is 0 Å². The molecule has 0 aliphatic rings. The van der Waals surface area contributed by atoms with Gasteiger partial charge in [0.15, 0.2) is 11.5 Å². The first-order valence-electron chi connectivity index (χ1n) is 5.13. The van der Waals surface area contributed by atoms with Gasteiger partial charge >= 0.3 is 0 Å². The molecule has 0 N–H and O–H groups in total. The van der Waals surface area contributed by atoms with Crippen LogP contribution in [0.2, 0.25) is 0 Å². The van der Waals surface area contributed by atoms with Crippen molar-refractivity contribution in [3.63, 3.8) is 0 Å². The number of nitrogens with zero attached hydrogens (tertiary/aromatic N) is 1. The molecule has 2 rings (SSSR count). The molecule has 0 bridgehead atoms.